The van der Waals surface area contributed by atoms with Crippen molar-refractivity contribution >= 4 is 0 Å². The smallest absolute Gasteiger partial charge is 0.0409 e. The third-order valence-electron chi connectivity index (χ3n) is 4.08. The summed E-state index contributed by atoms with van der Waals surface area (Å²) in [6, 6.07) is 8.91. The standard InChI is InChI=1S/C15H24N2/c1-3-17(4-2)12-13-6-8-14(9-7-13)15(16)10-5-11-15/h6-9H,3-5,10-12,16H2,1-2H3. The lowest BCUT2D eigenvalue weighted by atomic mass is 9.73. The summed E-state index contributed by atoms with van der Waals surface area (Å²) < 4.78 is 0. The third kappa shape index (κ3) is 2.70. The van der Waals surface area contributed by atoms with Crippen LogP contribution in [0, 0.1) is 0 Å². The van der Waals surface area contributed by atoms with E-state index in [4.69, 9.17) is 5.73 Å². The number of nitrogens with two attached hydrogens (primary N) is 1. The number of benzene rings is 1. The van der Waals surface area contributed by atoms with Crippen molar-refractivity contribution < 1.29 is 0 Å². The zero-order chi connectivity index (χ0) is 12.3. The van der Waals surface area contributed by atoms with Crippen LogP contribution in [0.4, 0.5) is 0 Å². The molecule has 0 atom stereocenters. The van der Waals surface area contributed by atoms with E-state index in [2.05, 4.69) is 43.0 Å². The lowest BCUT2D eigenvalue weighted by Gasteiger charge is -2.38. The second-order valence-electron chi connectivity index (χ2n) is 5.17. The van der Waals surface area contributed by atoms with Gasteiger partial charge in [-0.1, -0.05) is 38.1 Å². The summed E-state index contributed by atoms with van der Waals surface area (Å²) in [4.78, 5) is 2.43. The fourth-order valence-electron chi connectivity index (χ4n) is 2.49. The van der Waals surface area contributed by atoms with Crippen LogP contribution in [0.3, 0.4) is 0 Å². The van der Waals surface area contributed by atoms with E-state index in [-0.39, 0.29) is 5.54 Å². The van der Waals surface area contributed by atoms with Crippen molar-refractivity contribution in [2.45, 2.75) is 45.2 Å². The molecule has 2 heteroatoms. The van der Waals surface area contributed by atoms with Crippen LogP contribution in [0.15, 0.2) is 24.3 Å². The normalized spacial score (nSPS) is 18.1. The van der Waals surface area contributed by atoms with Crippen LogP contribution in [-0.4, -0.2) is 18.0 Å². The molecule has 0 heterocycles. The van der Waals surface area contributed by atoms with Crippen LogP contribution < -0.4 is 5.73 Å². The van der Waals surface area contributed by atoms with E-state index >= 15 is 0 Å². The first-order chi connectivity index (χ1) is 8.18. The lowest BCUT2D eigenvalue weighted by molar-refractivity contribution is 0.253. The molecule has 0 amide bonds. The zero-order valence-electron chi connectivity index (χ0n) is 11.1. The van der Waals surface area contributed by atoms with Gasteiger partial charge in [0.2, 0.25) is 0 Å². The van der Waals surface area contributed by atoms with Crippen LogP contribution in [0.25, 0.3) is 0 Å². The Labute approximate surface area is 105 Å². The van der Waals surface area contributed by atoms with Gasteiger partial charge >= 0.3 is 0 Å². The first-order valence-electron chi connectivity index (χ1n) is 6.78. The molecule has 0 unspecified atom stereocenters. The highest BCUT2D eigenvalue weighted by molar-refractivity contribution is 5.30. The van der Waals surface area contributed by atoms with E-state index in [1.165, 1.54) is 17.5 Å². The van der Waals surface area contributed by atoms with E-state index in [1.807, 2.05) is 0 Å². The van der Waals surface area contributed by atoms with E-state index in [9.17, 15) is 0 Å². The summed E-state index contributed by atoms with van der Waals surface area (Å²) in [5.74, 6) is 0. The molecule has 0 aliphatic heterocycles. The van der Waals surface area contributed by atoms with Gasteiger partial charge in [0, 0.05) is 12.1 Å². The molecule has 2 N–H and O–H groups in total. The van der Waals surface area contributed by atoms with Crippen molar-refractivity contribution in [2.24, 2.45) is 5.73 Å². The highest BCUT2D eigenvalue weighted by atomic mass is 15.1. The maximum atomic E-state index is 6.32. The molecule has 0 radical (unpaired) electrons. The Bertz CT molecular complexity index is 348. The minimum absolute atomic E-state index is 0.0201. The Morgan fingerprint density at radius 2 is 1.71 bits per heavy atom. The molecular formula is C15H24N2. The molecule has 1 fully saturated rings. The summed E-state index contributed by atoms with van der Waals surface area (Å²) in [6.07, 6.45) is 3.56. The summed E-state index contributed by atoms with van der Waals surface area (Å²) in [6.45, 7) is 7.69. The first-order valence-corrected chi connectivity index (χ1v) is 6.78. The maximum absolute atomic E-state index is 6.32. The van der Waals surface area contributed by atoms with E-state index in [0.717, 1.165) is 32.5 Å². The number of hydrogen-bond donors (Lipinski definition) is 1. The lowest BCUT2D eigenvalue weighted by Crippen LogP contribution is -2.43. The average Bonchev–Trinajstić information content (AvgIpc) is 2.34. The van der Waals surface area contributed by atoms with E-state index < -0.39 is 0 Å². The molecule has 1 saturated carbocycles. The van der Waals surface area contributed by atoms with Gasteiger partial charge in [-0.2, -0.15) is 0 Å². The van der Waals surface area contributed by atoms with Crippen molar-refractivity contribution in [3.63, 3.8) is 0 Å². The van der Waals surface area contributed by atoms with Crippen molar-refractivity contribution in [3.8, 4) is 0 Å². The third-order valence-corrected chi connectivity index (χ3v) is 4.08. The SMILES string of the molecule is CCN(CC)Cc1ccc(C2(N)CCC2)cc1. The fraction of sp³-hybridized carbons (Fsp3) is 0.600. The van der Waals surface area contributed by atoms with Crippen molar-refractivity contribution in [1.82, 2.24) is 4.90 Å². The molecule has 17 heavy (non-hydrogen) atoms. The van der Waals surface area contributed by atoms with Gasteiger partial charge in [0.1, 0.15) is 0 Å². The monoisotopic (exact) mass is 232 g/mol. The van der Waals surface area contributed by atoms with Gasteiger partial charge in [0.05, 0.1) is 0 Å². The first kappa shape index (κ1) is 12.6. The molecule has 0 aromatic heterocycles. The Balaban J connectivity index is 2.02. The number of hydrogen-bond acceptors (Lipinski definition) is 2. The molecule has 0 spiro atoms. The predicted molar refractivity (Wildman–Crippen MR) is 72.8 cm³/mol. The van der Waals surface area contributed by atoms with Gasteiger partial charge in [-0.3, -0.25) is 4.90 Å². The van der Waals surface area contributed by atoms with Crippen LogP contribution >= 0.6 is 0 Å². The Morgan fingerprint density at radius 1 is 1.12 bits per heavy atom. The zero-order valence-corrected chi connectivity index (χ0v) is 11.1. The minimum Gasteiger partial charge on any atom is -0.321 e. The summed E-state index contributed by atoms with van der Waals surface area (Å²) >= 11 is 0. The van der Waals surface area contributed by atoms with E-state index in [1.54, 1.807) is 0 Å². The van der Waals surface area contributed by atoms with Crippen LogP contribution in [0.5, 0.6) is 0 Å². The topological polar surface area (TPSA) is 29.3 Å². The van der Waals surface area contributed by atoms with Crippen molar-refractivity contribution in [1.29, 1.82) is 0 Å². The largest absolute Gasteiger partial charge is 0.321 e. The van der Waals surface area contributed by atoms with Gasteiger partial charge in [-0.05, 0) is 43.5 Å². The van der Waals surface area contributed by atoms with Gasteiger partial charge in [0.25, 0.3) is 0 Å². The van der Waals surface area contributed by atoms with Crippen LogP contribution in [0.1, 0.15) is 44.2 Å². The van der Waals surface area contributed by atoms with Crippen molar-refractivity contribution in [3.05, 3.63) is 35.4 Å². The highest BCUT2D eigenvalue weighted by Crippen LogP contribution is 2.38. The predicted octanol–water partition coefficient (Wildman–Crippen LogP) is 2.87. The second-order valence-corrected chi connectivity index (χ2v) is 5.17. The Hall–Kier alpha value is -0.860. The molecule has 1 aromatic carbocycles. The Kier molecular flexibility index (Phi) is 3.85. The average molecular weight is 232 g/mol. The van der Waals surface area contributed by atoms with Crippen LogP contribution in [0.2, 0.25) is 0 Å². The fourth-order valence-corrected chi connectivity index (χ4v) is 2.49. The molecule has 2 nitrogen and oxygen atoms in total. The summed E-state index contributed by atoms with van der Waals surface area (Å²) in [7, 11) is 0. The van der Waals surface area contributed by atoms with Crippen LogP contribution in [-0.2, 0) is 12.1 Å². The molecule has 94 valence electrons. The highest BCUT2D eigenvalue weighted by Gasteiger charge is 2.33. The summed E-state index contributed by atoms with van der Waals surface area (Å²) in [5.41, 5.74) is 9.00. The van der Waals surface area contributed by atoms with E-state index in [0.29, 0.717) is 0 Å². The summed E-state index contributed by atoms with van der Waals surface area (Å²) in [5, 5.41) is 0. The molecule has 0 bridgehead atoms. The number of rotatable bonds is 5. The Morgan fingerprint density at radius 3 is 2.12 bits per heavy atom. The molecule has 2 rings (SSSR count). The van der Waals surface area contributed by atoms with Gasteiger partial charge in [-0.25, -0.2) is 0 Å². The van der Waals surface area contributed by atoms with Gasteiger partial charge in [0.15, 0.2) is 0 Å². The quantitative estimate of drug-likeness (QED) is 0.846. The molecule has 1 aromatic rings. The molecule has 0 saturated heterocycles. The molecule has 1 aliphatic rings. The number of nitrogens with zero attached hydrogens (tertiary/aromatic N) is 1. The van der Waals surface area contributed by atoms with Gasteiger partial charge < -0.3 is 5.73 Å². The molecular weight excluding hydrogens is 208 g/mol. The maximum Gasteiger partial charge on any atom is 0.0409 e. The van der Waals surface area contributed by atoms with Gasteiger partial charge in [-0.15, -0.1) is 0 Å². The van der Waals surface area contributed by atoms with Crippen molar-refractivity contribution in [2.75, 3.05) is 13.1 Å². The molecule has 1 aliphatic carbocycles. The second kappa shape index (κ2) is 5.19. The minimum atomic E-state index is -0.0201.